The second-order valence-electron chi connectivity index (χ2n) is 4.39. The number of aliphatic hydroxyl groups excluding tert-OH is 1. The molecule has 0 bridgehead atoms. The molecule has 88 valence electrons. The Morgan fingerprint density at radius 2 is 2.19 bits per heavy atom. The summed E-state index contributed by atoms with van der Waals surface area (Å²) in [4.78, 5) is 16.5. The van der Waals surface area contributed by atoms with E-state index in [1.54, 1.807) is 5.51 Å². The van der Waals surface area contributed by atoms with E-state index in [4.69, 9.17) is 0 Å². The van der Waals surface area contributed by atoms with Crippen molar-refractivity contribution in [1.82, 2.24) is 4.98 Å². The molecular weight excluding hydrogens is 226 g/mol. The third kappa shape index (κ3) is 1.74. The molecule has 0 aromatic carbocycles. The number of aliphatic carboxylic acids is 1. The fourth-order valence-electron chi connectivity index (χ4n) is 2.39. The van der Waals surface area contributed by atoms with E-state index < -0.39 is 11.4 Å². The van der Waals surface area contributed by atoms with Gasteiger partial charge in [0.05, 0.1) is 17.3 Å². The number of hydrogen-bond acceptors (Lipinski definition) is 4. The smallest absolute Gasteiger partial charge is 0.315 e. The molecule has 0 aliphatic heterocycles. The van der Waals surface area contributed by atoms with Gasteiger partial charge in [-0.05, 0) is 32.6 Å². The number of aliphatic hydroxyl groups is 1. The van der Waals surface area contributed by atoms with Crippen LogP contribution in [0.4, 0.5) is 0 Å². The SMILES string of the molecule is Cc1ncsc1C1(C(=O)O)CCC(O)CC1. The highest BCUT2D eigenvalue weighted by Gasteiger charge is 2.45. The van der Waals surface area contributed by atoms with Crippen LogP contribution in [0.3, 0.4) is 0 Å². The summed E-state index contributed by atoms with van der Waals surface area (Å²) in [6.45, 7) is 1.85. The summed E-state index contributed by atoms with van der Waals surface area (Å²) < 4.78 is 0. The molecule has 0 radical (unpaired) electrons. The minimum atomic E-state index is -0.815. The minimum Gasteiger partial charge on any atom is -0.481 e. The first-order valence-corrected chi connectivity index (χ1v) is 6.26. The summed E-state index contributed by atoms with van der Waals surface area (Å²) >= 11 is 1.41. The predicted molar refractivity (Wildman–Crippen MR) is 60.6 cm³/mol. The Bertz CT molecular complexity index is 394. The van der Waals surface area contributed by atoms with Crippen LogP contribution in [-0.2, 0) is 10.2 Å². The van der Waals surface area contributed by atoms with E-state index in [2.05, 4.69) is 4.98 Å². The normalized spacial score (nSPS) is 30.2. The molecule has 0 saturated heterocycles. The zero-order valence-electron chi connectivity index (χ0n) is 9.14. The van der Waals surface area contributed by atoms with Gasteiger partial charge in [0.25, 0.3) is 0 Å². The summed E-state index contributed by atoms with van der Waals surface area (Å²) in [7, 11) is 0. The standard InChI is InChI=1S/C11H15NO3S/c1-7-9(16-6-12-7)11(10(14)15)4-2-8(13)3-5-11/h6,8,13H,2-5H2,1H3,(H,14,15). The van der Waals surface area contributed by atoms with Gasteiger partial charge in [-0.25, -0.2) is 4.98 Å². The van der Waals surface area contributed by atoms with Gasteiger partial charge in [0.15, 0.2) is 0 Å². The van der Waals surface area contributed by atoms with Crippen LogP contribution in [0.15, 0.2) is 5.51 Å². The van der Waals surface area contributed by atoms with E-state index in [0.29, 0.717) is 25.7 Å². The number of hydrogen-bond donors (Lipinski definition) is 2. The molecule has 1 aromatic heterocycles. The van der Waals surface area contributed by atoms with E-state index in [1.807, 2.05) is 6.92 Å². The average molecular weight is 241 g/mol. The van der Waals surface area contributed by atoms with Gasteiger partial charge < -0.3 is 10.2 Å². The number of carboxylic acids is 1. The maximum Gasteiger partial charge on any atom is 0.315 e. The summed E-state index contributed by atoms with van der Waals surface area (Å²) in [5, 5.41) is 19.0. The molecule has 0 amide bonds. The maximum absolute atomic E-state index is 11.5. The molecule has 1 fully saturated rings. The quantitative estimate of drug-likeness (QED) is 0.827. The molecule has 2 N–H and O–H groups in total. The average Bonchev–Trinajstić information content (AvgIpc) is 2.66. The summed E-state index contributed by atoms with van der Waals surface area (Å²) in [5.74, 6) is -0.785. The van der Waals surface area contributed by atoms with Crippen LogP contribution in [0.1, 0.15) is 36.3 Å². The van der Waals surface area contributed by atoms with Crippen LogP contribution in [0.25, 0.3) is 0 Å². The molecule has 0 spiro atoms. The van der Waals surface area contributed by atoms with Crippen LogP contribution in [0.5, 0.6) is 0 Å². The number of carboxylic acid groups (broad SMARTS) is 1. The minimum absolute atomic E-state index is 0.347. The maximum atomic E-state index is 11.5. The number of aryl methyl sites for hydroxylation is 1. The second kappa shape index (κ2) is 4.14. The number of carbonyl (C=O) groups is 1. The Balaban J connectivity index is 2.37. The molecule has 1 heterocycles. The van der Waals surface area contributed by atoms with Crippen molar-refractivity contribution in [2.24, 2.45) is 0 Å². The van der Waals surface area contributed by atoms with Gasteiger partial charge in [0, 0.05) is 4.88 Å². The highest BCUT2D eigenvalue weighted by atomic mass is 32.1. The molecule has 1 aromatic rings. The van der Waals surface area contributed by atoms with Gasteiger partial charge in [0.1, 0.15) is 5.41 Å². The Morgan fingerprint density at radius 1 is 1.56 bits per heavy atom. The summed E-state index contributed by atoms with van der Waals surface area (Å²) in [5.41, 5.74) is 1.69. The number of aromatic nitrogens is 1. The molecule has 1 saturated carbocycles. The lowest BCUT2D eigenvalue weighted by molar-refractivity contribution is -0.146. The molecule has 5 heteroatoms. The van der Waals surface area contributed by atoms with Crippen LogP contribution < -0.4 is 0 Å². The fourth-order valence-corrected chi connectivity index (χ4v) is 3.45. The highest BCUT2D eigenvalue weighted by molar-refractivity contribution is 7.10. The van der Waals surface area contributed by atoms with Gasteiger partial charge >= 0.3 is 5.97 Å². The molecule has 1 aliphatic carbocycles. The zero-order chi connectivity index (χ0) is 11.8. The van der Waals surface area contributed by atoms with Crippen molar-refractivity contribution in [3.63, 3.8) is 0 Å². The van der Waals surface area contributed by atoms with Crippen molar-refractivity contribution in [2.75, 3.05) is 0 Å². The molecule has 0 unspecified atom stereocenters. The van der Waals surface area contributed by atoms with Gasteiger partial charge in [-0.2, -0.15) is 0 Å². The van der Waals surface area contributed by atoms with E-state index >= 15 is 0 Å². The van der Waals surface area contributed by atoms with Crippen molar-refractivity contribution in [1.29, 1.82) is 0 Å². The first kappa shape index (κ1) is 11.5. The highest BCUT2D eigenvalue weighted by Crippen LogP contribution is 2.42. The van der Waals surface area contributed by atoms with Crippen molar-refractivity contribution < 1.29 is 15.0 Å². The molecule has 16 heavy (non-hydrogen) atoms. The van der Waals surface area contributed by atoms with E-state index in [0.717, 1.165) is 10.6 Å². The molecular formula is C11H15NO3S. The monoisotopic (exact) mass is 241 g/mol. The van der Waals surface area contributed by atoms with Crippen LogP contribution in [-0.4, -0.2) is 27.3 Å². The van der Waals surface area contributed by atoms with Crippen LogP contribution in [0, 0.1) is 6.92 Å². The Morgan fingerprint density at radius 3 is 2.62 bits per heavy atom. The van der Waals surface area contributed by atoms with Crippen LogP contribution in [0.2, 0.25) is 0 Å². The Labute approximate surface area is 98.0 Å². The number of thiazole rings is 1. The fraction of sp³-hybridized carbons (Fsp3) is 0.636. The molecule has 4 nitrogen and oxygen atoms in total. The Hall–Kier alpha value is -0.940. The Kier molecular flexibility index (Phi) is 2.99. The van der Waals surface area contributed by atoms with E-state index in [-0.39, 0.29) is 6.10 Å². The molecule has 1 aliphatic rings. The summed E-state index contributed by atoms with van der Waals surface area (Å²) in [6, 6.07) is 0. The third-order valence-electron chi connectivity index (χ3n) is 3.40. The first-order chi connectivity index (χ1) is 7.56. The van der Waals surface area contributed by atoms with Gasteiger partial charge in [-0.1, -0.05) is 0 Å². The lowest BCUT2D eigenvalue weighted by Gasteiger charge is -2.34. The van der Waals surface area contributed by atoms with Gasteiger partial charge in [-0.15, -0.1) is 11.3 Å². The van der Waals surface area contributed by atoms with Crippen molar-refractivity contribution >= 4 is 17.3 Å². The predicted octanol–water partition coefficient (Wildman–Crippen LogP) is 1.71. The van der Waals surface area contributed by atoms with Crippen molar-refractivity contribution in [3.05, 3.63) is 16.1 Å². The zero-order valence-corrected chi connectivity index (χ0v) is 9.96. The second-order valence-corrected chi connectivity index (χ2v) is 5.24. The van der Waals surface area contributed by atoms with Gasteiger partial charge in [-0.3, -0.25) is 4.79 Å². The topological polar surface area (TPSA) is 70.4 Å². The lowest BCUT2D eigenvalue weighted by Crippen LogP contribution is -2.40. The van der Waals surface area contributed by atoms with E-state index in [1.165, 1.54) is 11.3 Å². The number of nitrogens with zero attached hydrogens (tertiary/aromatic N) is 1. The third-order valence-corrected chi connectivity index (χ3v) is 4.53. The number of rotatable bonds is 2. The largest absolute Gasteiger partial charge is 0.481 e. The van der Waals surface area contributed by atoms with Gasteiger partial charge in [0.2, 0.25) is 0 Å². The van der Waals surface area contributed by atoms with Crippen LogP contribution >= 0.6 is 11.3 Å². The van der Waals surface area contributed by atoms with E-state index in [9.17, 15) is 15.0 Å². The molecule has 0 atom stereocenters. The van der Waals surface area contributed by atoms with Crippen molar-refractivity contribution in [3.8, 4) is 0 Å². The summed E-state index contributed by atoms with van der Waals surface area (Å²) in [6.07, 6.45) is 1.78. The van der Waals surface area contributed by atoms with Crippen molar-refractivity contribution in [2.45, 2.75) is 44.1 Å². The molecule has 2 rings (SSSR count). The lowest BCUT2D eigenvalue weighted by atomic mass is 9.71. The first-order valence-electron chi connectivity index (χ1n) is 5.38.